The van der Waals surface area contributed by atoms with Gasteiger partial charge in [-0.25, -0.2) is 4.98 Å². The molecular weight excluding hydrogens is 416 g/mol. The van der Waals surface area contributed by atoms with Crippen molar-refractivity contribution in [3.05, 3.63) is 30.7 Å². The number of nitrogen functional groups attached to an aromatic ring is 1. The molecule has 2 aliphatic rings. The zero-order valence-electron chi connectivity index (χ0n) is 19.1. The minimum atomic E-state index is 0.333. The van der Waals surface area contributed by atoms with Gasteiger partial charge in [0.1, 0.15) is 5.65 Å². The summed E-state index contributed by atoms with van der Waals surface area (Å²) in [5.41, 5.74) is 7.81. The van der Waals surface area contributed by atoms with Gasteiger partial charge in [-0.15, -0.1) is 5.10 Å². The third-order valence-corrected chi connectivity index (χ3v) is 7.37. The molecule has 9 nitrogen and oxygen atoms in total. The second-order valence-electron chi connectivity index (χ2n) is 9.39. The highest BCUT2D eigenvalue weighted by molar-refractivity contribution is 5.91. The van der Waals surface area contributed by atoms with Crippen molar-refractivity contribution in [1.29, 1.82) is 0 Å². The lowest BCUT2D eigenvalue weighted by Crippen LogP contribution is -2.50. The molecule has 2 fully saturated rings. The lowest BCUT2D eigenvalue weighted by atomic mass is 10.1. The molecular formula is C24H32N8O. The Morgan fingerprint density at radius 1 is 0.939 bits per heavy atom. The maximum atomic E-state index is 6.24. The minimum Gasteiger partial charge on any atom is -0.461 e. The number of anilines is 1. The van der Waals surface area contributed by atoms with Gasteiger partial charge in [0.2, 0.25) is 11.8 Å². The van der Waals surface area contributed by atoms with E-state index in [0.717, 1.165) is 43.3 Å². The molecule has 1 saturated carbocycles. The van der Waals surface area contributed by atoms with Crippen LogP contribution in [-0.2, 0) is 6.54 Å². The van der Waals surface area contributed by atoms with E-state index in [4.69, 9.17) is 10.2 Å². The monoisotopic (exact) mass is 448 g/mol. The number of aromatic nitrogens is 5. The molecule has 2 N–H and O–H groups in total. The average molecular weight is 449 g/mol. The predicted molar refractivity (Wildman–Crippen MR) is 128 cm³/mol. The molecule has 1 aliphatic carbocycles. The molecule has 174 valence electrons. The summed E-state index contributed by atoms with van der Waals surface area (Å²) < 4.78 is 9.23. The summed E-state index contributed by atoms with van der Waals surface area (Å²) in [5, 5.41) is 5.44. The van der Waals surface area contributed by atoms with E-state index in [-0.39, 0.29) is 0 Å². The summed E-state index contributed by atoms with van der Waals surface area (Å²) in [6, 6.07) is 6.54. The summed E-state index contributed by atoms with van der Waals surface area (Å²) in [6.07, 6.45) is 12.1. The van der Waals surface area contributed by atoms with Gasteiger partial charge >= 0.3 is 0 Å². The van der Waals surface area contributed by atoms with Crippen molar-refractivity contribution in [1.82, 2.24) is 33.9 Å². The van der Waals surface area contributed by atoms with Gasteiger partial charge in [-0.3, -0.25) is 9.80 Å². The van der Waals surface area contributed by atoms with E-state index in [1.54, 1.807) is 10.8 Å². The first kappa shape index (κ1) is 20.7. The van der Waals surface area contributed by atoms with Crippen LogP contribution >= 0.6 is 0 Å². The molecule has 9 heteroatoms. The van der Waals surface area contributed by atoms with Crippen molar-refractivity contribution in [2.45, 2.75) is 51.1 Å². The van der Waals surface area contributed by atoms with Crippen LogP contribution in [0.5, 0.6) is 0 Å². The Balaban J connectivity index is 1.14. The number of nitrogens with two attached hydrogens (primary N) is 1. The van der Waals surface area contributed by atoms with E-state index < -0.39 is 0 Å². The first-order valence-corrected chi connectivity index (χ1v) is 12.3. The Morgan fingerprint density at radius 2 is 1.76 bits per heavy atom. The number of nitrogens with zero attached hydrogens (tertiary/aromatic N) is 7. The van der Waals surface area contributed by atoms with Gasteiger partial charge in [-0.05, 0) is 31.0 Å². The highest BCUT2D eigenvalue weighted by atomic mass is 16.3. The Hall–Kier alpha value is -2.91. The van der Waals surface area contributed by atoms with Crippen LogP contribution in [0.4, 0.5) is 5.95 Å². The first-order chi connectivity index (χ1) is 16.3. The molecule has 1 saturated heterocycles. The van der Waals surface area contributed by atoms with Gasteiger partial charge in [0.15, 0.2) is 11.4 Å². The summed E-state index contributed by atoms with van der Waals surface area (Å²) in [5.74, 6) is 1.47. The first-order valence-electron chi connectivity index (χ1n) is 12.3. The fourth-order valence-electron chi connectivity index (χ4n) is 5.48. The smallest absolute Gasteiger partial charge is 0.225 e. The van der Waals surface area contributed by atoms with Gasteiger partial charge in [0.05, 0.1) is 11.6 Å². The number of fused-ring (bicyclic) bond motifs is 3. The third kappa shape index (κ3) is 4.00. The van der Waals surface area contributed by atoms with Crippen molar-refractivity contribution >= 4 is 22.6 Å². The molecule has 0 bridgehead atoms. The van der Waals surface area contributed by atoms with Gasteiger partial charge in [0.25, 0.3) is 0 Å². The molecule has 4 aromatic rings. The molecule has 6 rings (SSSR count). The summed E-state index contributed by atoms with van der Waals surface area (Å²) in [7, 11) is 0. The molecule has 0 atom stereocenters. The van der Waals surface area contributed by atoms with Crippen LogP contribution in [0.25, 0.3) is 28.3 Å². The highest BCUT2D eigenvalue weighted by Gasteiger charge is 2.24. The predicted octanol–water partition coefficient (Wildman–Crippen LogP) is 3.26. The standard InChI is InChI=1S/C24H32N8O/c25-24-27-22-19(23-26-21(28-32(23)24)20-8-5-17-33-20)9-10-31(22)16-13-29-11-14-30(15-12-29)18-6-3-1-2-4-7-18/h5,8-10,17-18H,1-4,6-7,11-16H2,(H2,25,27). The highest BCUT2D eigenvalue weighted by Crippen LogP contribution is 2.25. The molecule has 0 spiro atoms. The second-order valence-corrected chi connectivity index (χ2v) is 9.39. The van der Waals surface area contributed by atoms with Crippen molar-refractivity contribution in [2.75, 3.05) is 38.5 Å². The average Bonchev–Trinajstić information content (AvgIpc) is 3.55. The number of hydrogen-bond donors (Lipinski definition) is 1. The van der Waals surface area contributed by atoms with Gasteiger partial charge in [-0.1, -0.05) is 25.7 Å². The quantitative estimate of drug-likeness (QED) is 0.468. The number of hydrogen-bond acceptors (Lipinski definition) is 7. The van der Waals surface area contributed by atoms with Crippen molar-refractivity contribution < 1.29 is 4.42 Å². The van der Waals surface area contributed by atoms with E-state index in [1.165, 1.54) is 51.6 Å². The number of piperazine rings is 1. The number of rotatable bonds is 5. The Kier molecular flexibility index (Phi) is 5.51. The van der Waals surface area contributed by atoms with Crippen LogP contribution < -0.4 is 5.73 Å². The SMILES string of the molecule is Nc1nc2c(ccn2CCN2CCN(C3CCCCCC3)CC2)c2nc(-c3ccco3)nn12. The van der Waals surface area contributed by atoms with Crippen molar-refractivity contribution in [3.8, 4) is 11.6 Å². The Morgan fingerprint density at radius 3 is 2.52 bits per heavy atom. The molecule has 0 amide bonds. The van der Waals surface area contributed by atoms with E-state index in [0.29, 0.717) is 23.2 Å². The zero-order chi connectivity index (χ0) is 22.2. The summed E-state index contributed by atoms with van der Waals surface area (Å²) in [6.45, 7) is 6.57. The van der Waals surface area contributed by atoms with Crippen LogP contribution in [0.2, 0.25) is 0 Å². The lowest BCUT2D eigenvalue weighted by molar-refractivity contribution is 0.0872. The van der Waals surface area contributed by atoms with E-state index in [9.17, 15) is 0 Å². The maximum Gasteiger partial charge on any atom is 0.225 e. The largest absolute Gasteiger partial charge is 0.461 e. The van der Waals surface area contributed by atoms with Gasteiger partial charge in [-0.2, -0.15) is 9.50 Å². The minimum absolute atomic E-state index is 0.333. The van der Waals surface area contributed by atoms with E-state index >= 15 is 0 Å². The van der Waals surface area contributed by atoms with Crippen LogP contribution in [0.15, 0.2) is 35.1 Å². The normalized spacial score (nSPS) is 19.5. The fraction of sp³-hybridized carbons (Fsp3) is 0.542. The Bertz CT molecular complexity index is 1210. The van der Waals surface area contributed by atoms with E-state index in [1.807, 2.05) is 12.1 Å². The third-order valence-electron chi connectivity index (χ3n) is 7.37. The number of furan rings is 1. The van der Waals surface area contributed by atoms with Crippen LogP contribution in [0.3, 0.4) is 0 Å². The van der Waals surface area contributed by atoms with Crippen LogP contribution in [-0.4, -0.2) is 72.7 Å². The topological polar surface area (TPSA) is 93.6 Å². The van der Waals surface area contributed by atoms with E-state index in [2.05, 4.69) is 41.7 Å². The van der Waals surface area contributed by atoms with Crippen LogP contribution in [0.1, 0.15) is 38.5 Å². The summed E-state index contributed by atoms with van der Waals surface area (Å²) in [4.78, 5) is 14.6. The molecule has 1 aliphatic heterocycles. The van der Waals surface area contributed by atoms with Crippen LogP contribution in [0, 0.1) is 0 Å². The molecule has 5 heterocycles. The molecule has 4 aromatic heterocycles. The molecule has 0 radical (unpaired) electrons. The zero-order valence-corrected chi connectivity index (χ0v) is 19.1. The van der Waals surface area contributed by atoms with Gasteiger partial charge < -0.3 is 14.7 Å². The second kappa shape index (κ2) is 8.79. The fourth-order valence-corrected chi connectivity index (χ4v) is 5.48. The molecule has 33 heavy (non-hydrogen) atoms. The lowest BCUT2D eigenvalue weighted by Gasteiger charge is -2.39. The summed E-state index contributed by atoms with van der Waals surface area (Å²) >= 11 is 0. The molecule has 0 unspecified atom stereocenters. The Labute approximate surface area is 193 Å². The van der Waals surface area contributed by atoms with Gasteiger partial charge in [0, 0.05) is 51.5 Å². The molecule has 0 aromatic carbocycles. The van der Waals surface area contributed by atoms with Crippen molar-refractivity contribution in [3.63, 3.8) is 0 Å². The van der Waals surface area contributed by atoms with Crippen molar-refractivity contribution in [2.24, 2.45) is 0 Å². The maximum absolute atomic E-state index is 6.24.